The molecule has 2 aliphatic rings. The summed E-state index contributed by atoms with van der Waals surface area (Å²) in [4.78, 5) is 40.4. The first-order valence-corrected chi connectivity index (χ1v) is 12.9. The Labute approximate surface area is 219 Å². The molecule has 2 aliphatic heterocycles. The van der Waals surface area contributed by atoms with Crippen LogP contribution in [0, 0.1) is 0 Å². The zero-order valence-electron chi connectivity index (χ0n) is 20.1. The van der Waals surface area contributed by atoms with Gasteiger partial charge >= 0.3 is 12.1 Å². The van der Waals surface area contributed by atoms with E-state index in [0.29, 0.717) is 11.3 Å². The smallest absolute Gasteiger partial charge is 0.408 e. The zero-order valence-corrected chi connectivity index (χ0v) is 21.7. The topological polar surface area (TPSA) is 84.9 Å². The molecule has 188 valence electrons. The average molecular weight is 527 g/mol. The number of nitrogens with zero attached hydrogens (tertiary/aromatic N) is 1. The van der Waals surface area contributed by atoms with Crippen molar-refractivity contribution in [2.45, 2.75) is 43.9 Å². The number of fused-ring (bicyclic) bond motifs is 1. The molecule has 1 saturated heterocycles. The lowest BCUT2D eigenvalue weighted by Gasteiger charge is -2.49. The largest absolute Gasteiger partial charge is 0.448 e. The molecule has 7 nitrogen and oxygen atoms in total. The molecule has 2 atom stereocenters. The first-order chi connectivity index (χ1) is 17.2. The average Bonchev–Trinajstić information content (AvgIpc) is 2.85. The molecule has 36 heavy (non-hydrogen) atoms. The van der Waals surface area contributed by atoms with Gasteiger partial charge in [-0.1, -0.05) is 72.3 Å². The van der Waals surface area contributed by atoms with Crippen molar-refractivity contribution in [2.24, 2.45) is 0 Å². The molecular formula is C27H27ClN2O5S. The van der Waals surface area contributed by atoms with Crippen LogP contribution in [-0.2, 0) is 19.1 Å². The molecule has 2 unspecified atom stereocenters. The van der Waals surface area contributed by atoms with Gasteiger partial charge in [-0.3, -0.25) is 9.69 Å². The van der Waals surface area contributed by atoms with Gasteiger partial charge in [0.15, 0.2) is 6.10 Å². The number of thioether (sulfide) groups is 1. The fourth-order valence-corrected chi connectivity index (χ4v) is 5.49. The number of β-lactam (4-membered cyclic amide) rings is 1. The molecule has 1 fully saturated rings. The quantitative estimate of drug-likeness (QED) is 0.414. The molecule has 0 saturated carbocycles. The van der Waals surface area contributed by atoms with E-state index in [1.54, 1.807) is 26.8 Å². The maximum absolute atomic E-state index is 13.6. The first kappa shape index (κ1) is 25.9. The van der Waals surface area contributed by atoms with Crippen molar-refractivity contribution < 1.29 is 23.9 Å². The van der Waals surface area contributed by atoms with Crippen LogP contribution in [0.5, 0.6) is 0 Å². The number of hydrogen-bond acceptors (Lipinski definition) is 6. The molecule has 9 heteroatoms. The van der Waals surface area contributed by atoms with E-state index in [-0.39, 0.29) is 5.70 Å². The van der Waals surface area contributed by atoms with Crippen molar-refractivity contribution >= 4 is 41.3 Å². The second-order valence-electron chi connectivity index (χ2n) is 9.31. The number of carbonyl (C=O) groups is 3. The summed E-state index contributed by atoms with van der Waals surface area (Å²) in [6.07, 6.45) is 0.228. The second-order valence-corrected chi connectivity index (χ2v) is 10.7. The lowest BCUT2D eigenvalue weighted by atomic mass is 10.0. The number of rotatable bonds is 6. The van der Waals surface area contributed by atoms with E-state index in [2.05, 4.69) is 5.32 Å². The van der Waals surface area contributed by atoms with E-state index < -0.39 is 41.1 Å². The van der Waals surface area contributed by atoms with Gasteiger partial charge in [0, 0.05) is 11.3 Å². The van der Waals surface area contributed by atoms with Gasteiger partial charge in [-0.2, -0.15) is 0 Å². The van der Waals surface area contributed by atoms with Crippen LogP contribution in [0.15, 0.2) is 83.5 Å². The van der Waals surface area contributed by atoms with Crippen LogP contribution in [0.1, 0.15) is 38.0 Å². The highest BCUT2D eigenvalue weighted by molar-refractivity contribution is 8.00. The lowest BCUT2D eigenvalue weighted by Crippen LogP contribution is -2.70. The molecule has 0 aromatic heterocycles. The van der Waals surface area contributed by atoms with Crippen molar-refractivity contribution in [1.82, 2.24) is 10.2 Å². The van der Waals surface area contributed by atoms with E-state index in [0.717, 1.165) is 11.1 Å². The molecule has 0 spiro atoms. The van der Waals surface area contributed by atoms with Gasteiger partial charge < -0.3 is 14.8 Å². The third kappa shape index (κ3) is 5.60. The van der Waals surface area contributed by atoms with Gasteiger partial charge in [-0.05, 0) is 43.5 Å². The van der Waals surface area contributed by atoms with E-state index in [1.807, 2.05) is 60.7 Å². The highest BCUT2D eigenvalue weighted by atomic mass is 35.5. The Hall–Kier alpha value is -3.23. The van der Waals surface area contributed by atoms with Crippen molar-refractivity contribution in [1.29, 1.82) is 0 Å². The zero-order chi connectivity index (χ0) is 25.9. The summed E-state index contributed by atoms with van der Waals surface area (Å²) in [6, 6.07) is 18.0. The number of carbonyl (C=O) groups excluding carboxylic acids is 3. The highest BCUT2D eigenvalue weighted by Gasteiger charge is 2.54. The van der Waals surface area contributed by atoms with Crippen molar-refractivity contribution in [3.8, 4) is 0 Å². The Morgan fingerprint density at radius 2 is 1.67 bits per heavy atom. The number of amides is 2. The summed E-state index contributed by atoms with van der Waals surface area (Å²) in [5, 5.41) is 2.16. The van der Waals surface area contributed by atoms with Gasteiger partial charge in [0.1, 0.15) is 22.7 Å². The normalized spacial score (nSPS) is 19.7. The number of alkyl carbamates (subject to hydrolysis) is 1. The van der Waals surface area contributed by atoms with Crippen LogP contribution >= 0.6 is 23.4 Å². The van der Waals surface area contributed by atoms with E-state index in [1.165, 1.54) is 22.2 Å². The van der Waals surface area contributed by atoms with Gasteiger partial charge in [0.25, 0.3) is 5.91 Å². The van der Waals surface area contributed by atoms with Gasteiger partial charge in [0.05, 0.1) is 0 Å². The minimum absolute atomic E-state index is 0.125. The monoisotopic (exact) mass is 526 g/mol. The molecule has 1 N–H and O–H groups in total. The second kappa shape index (κ2) is 10.8. The predicted molar refractivity (Wildman–Crippen MR) is 139 cm³/mol. The number of nitrogens with one attached hydrogen (secondary N) is 1. The van der Waals surface area contributed by atoms with Crippen LogP contribution in [0.2, 0.25) is 0 Å². The molecule has 2 heterocycles. The molecular weight excluding hydrogens is 500 g/mol. The standard InChI is InChI=1S/C27H27ClN2O5S/c1-27(2,3)35-26(33)29-20-23(31)30-21(19(14-15-28)16-36-24(20)30)25(32)34-22(17-10-6-4-7-11-17)18-12-8-5-9-13-18/h4-15,20,22,24H,16H2,1-3H3,(H,29,33). The minimum atomic E-state index is -0.812. The third-order valence-electron chi connectivity index (χ3n) is 5.56. The molecule has 2 aromatic rings. The summed E-state index contributed by atoms with van der Waals surface area (Å²) in [7, 11) is 0. The number of benzene rings is 2. The molecule has 4 rings (SSSR count). The fraction of sp³-hybridized carbons (Fsp3) is 0.296. The summed E-state index contributed by atoms with van der Waals surface area (Å²) >= 11 is 7.27. The van der Waals surface area contributed by atoms with E-state index in [4.69, 9.17) is 21.1 Å². The number of ether oxygens (including phenoxy) is 2. The van der Waals surface area contributed by atoms with Crippen LogP contribution in [0.4, 0.5) is 4.79 Å². The van der Waals surface area contributed by atoms with Gasteiger partial charge in [-0.25, -0.2) is 9.59 Å². The number of esters is 1. The predicted octanol–water partition coefficient (Wildman–Crippen LogP) is 5.13. The molecule has 0 aliphatic carbocycles. The van der Waals surface area contributed by atoms with Crippen molar-refractivity contribution in [3.05, 3.63) is 94.7 Å². The Bertz CT molecular complexity index is 1150. The van der Waals surface area contributed by atoms with Crippen molar-refractivity contribution in [2.75, 3.05) is 5.75 Å². The maximum Gasteiger partial charge on any atom is 0.408 e. The van der Waals surface area contributed by atoms with Gasteiger partial charge in [-0.15, -0.1) is 11.8 Å². The van der Waals surface area contributed by atoms with E-state index >= 15 is 0 Å². The van der Waals surface area contributed by atoms with Gasteiger partial charge in [0.2, 0.25) is 0 Å². The SMILES string of the molecule is CC(C)(C)OC(=O)NC1C(=O)N2C(C(=O)OC(c3ccccc3)c3ccccc3)=C(C=CCl)CSC12. The Balaban J connectivity index is 1.60. The molecule has 2 aromatic carbocycles. The molecule has 2 amide bonds. The molecule has 0 radical (unpaired) electrons. The van der Waals surface area contributed by atoms with Crippen LogP contribution in [0.25, 0.3) is 0 Å². The van der Waals surface area contributed by atoms with E-state index in [9.17, 15) is 14.4 Å². The summed E-state index contributed by atoms with van der Waals surface area (Å²) in [6.45, 7) is 5.23. The fourth-order valence-electron chi connectivity index (χ4n) is 4.02. The number of hydrogen-bond donors (Lipinski definition) is 1. The Morgan fingerprint density at radius 3 is 2.19 bits per heavy atom. The lowest BCUT2D eigenvalue weighted by molar-refractivity contribution is -0.153. The Morgan fingerprint density at radius 1 is 1.08 bits per heavy atom. The van der Waals surface area contributed by atoms with Crippen molar-refractivity contribution in [3.63, 3.8) is 0 Å². The Kier molecular flexibility index (Phi) is 7.76. The first-order valence-electron chi connectivity index (χ1n) is 11.4. The summed E-state index contributed by atoms with van der Waals surface area (Å²) in [5.41, 5.74) is 2.89. The maximum atomic E-state index is 13.6. The molecule has 0 bridgehead atoms. The summed E-state index contributed by atoms with van der Waals surface area (Å²) < 4.78 is 11.3. The minimum Gasteiger partial charge on any atom is -0.448 e. The number of halogens is 1. The van der Waals surface area contributed by atoms with Crippen LogP contribution in [0.3, 0.4) is 0 Å². The third-order valence-corrected chi connectivity index (χ3v) is 6.99. The summed E-state index contributed by atoms with van der Waals surface area (Å²) in [5.74, 6) is -0.649. The van der Waals surface area contributed by atoms with Crippen LogP contribution < -0.4 is 5.32 Å². The highest BCUT2D eigenvalue weighted by Crippen LogP contribution is 2.42. The van der Waals surface area contributed by atoms with Crippen LogP contribution in [-0.4, -0.2) is 45.6 Å². The number of allylic oxidation sites excluding steroid dienone is 1.